The molecule has 0 aromatic heterocycles. The van der Waals surface area contributed by atoms with Gasteiger partial charge in [0.15, 0.2) is 0 Å². The van der Waals surface area contributed by atoms with Crippen molar-refractivity contribution < 1.29 is 4.74 Å². The summed E-state index contributed by atoms with van der Waals surface area (Å²) >= 11 is 0. The van der Waals surface area contributed by atoms with Crippen LogP contribution in [0.2, 0.25) is 0 Å². The van der Waals surface area contributed by atoms with E-state index >= 15 is 0 Å². The minimum atomic E-state index is 0.560. The maximum atomic E-state index is 6.01. The highest BCUT2D eigenvalue weighted by Crippen LogP contribution is 2.44. The van der Waals surface area contributed by atoms with Crippen molar-refractivity contribution in [2.45, 2.75) is 46.0 Å². The summed E-state index contributed by atoms with van der Waals surface area (Å²) in [4.78, 5) is 0. The first-order chi connectivity index (χ1) is 9.06. The maximum absolute atomic E-state index is 6.01. The van der Waals surface area contributed by atoms with Gasteiger partial charge in [0.2, 0.25) is 0 Å². The third-order valence-corrected chi connectivity index (χ3v) is 4.64. The van der Waals surface area contributed by atoms with Crippen LogP contribution in [-0.2, 0) is 0 Å². The number of ether oxygens (including phenoxy) is 1. The zero-order valence-electron chi connectivity index (χ0n) is 12.7. The van der Waals surface area contributed by atoms with Gasteiger partial charge >= 0.3 is 0 Å². The Morgan fingerprint density at radius 1 is 1.26 bits per heavy atom. The van der Waals surface area contributed by atoms with Crippen molar-refractivity contribution >= 4 is 0 Å². The van der Waals surface area contributed by atoms with Crippen molar-refractivity contribution in [3.05, 3.63) is 28.8 Å². The first-order valence-corrected chi connectivity index (χ1v) is 7.42. The lowest BCUT2D eigenvalue weighted by Gasteiger charge is -2.36. The average molecular weight is 261 g/mol. The summed E-state index contributed by atoms with van der Waals surface area (Å²) in [5, 5.41) is 0. The van der Waals surface area contributed by atoms with Gasteiger partial charge in [0, 0.05) is 5.56 Å². The molecule has 3 atom stereocenters. The average Bonchev–Trinajstić information content (AvgIpc) is 2.37. The van der Waals surface area contributed by atoms with Gasteiger partial charge in [-0.05, 0) is 68.2 Å². The van der Waals surface area contributed by atoms with E-state index in [1.54, 1.807) is 7.11 Å². The molecule has 2 rings (SSSR count). The molecule has 2 N–H and O–H groups in total. The lowest BCUT2D eigenvalue weighted by atomic mass is 9.70. The van der Waals surface area contributed by atoms with Crippen molar-refractivity contribution in [2.75, 3.05) is 13.7 Å². The van der Waals surface area contributed by atoms with E-state index in [-0.39, 0.29) is 0 Å². The zero-order chi connectivity index (χ0) is 14.0. The van der Waals surface area contributed by atoms with Crippen molar-refractivity contribution in [3.8, 4) is 5.75 Å². The fourth-order valence-electron chi connectivity index (χ4n) is 3.66. The Kier molecular flexibility index (Phi) is 4.51. The van der Waals surface area contributed by atoms with E-state index in [0.717, 1.165) is 18.2 Å². The summed E-state index contributed by atoms with van der Waals surface area (Å²) in [7, 11) is 1.78. The topological polar surface area (TPSA) is 35.2 Å². The van der Waals surface area contributed by atoms with Crippen molar-refractivity contribution in [3.63, 3.8) is 0 Å². The normalized spacial score (nSPS) is 27.3. The van der Waals surface area contributed by atoms with Gasteiger partial charge < -0.3 is 10.5 Å². The Balaban J connectivity index is 2.43. The minimum absolute atomic E-state index is 0.560. The SMILES string of the molecule is COc1cc(C)cc(C)c1C1CC(C)CCC1CN. The summed E-state index contributed by atoms with van der Waals surface area (Å²) < 4.78 is 5.65. The molecule has 106 valence electrons. The standard InChI is InChI=1S/C17H27NO/c1-11-5-6-14(10-18)15(8-11)17-13(3)7-12(2)9-16(17)19-4/h7,9,11,14-15H,5-6,8,10,18H2,1-4H3. The van der Waals surface area contributed by atoms with Crippen molar-refractivity contribution in [1.82, 2.24) is 0 Å². The molecule has 3 unspecified atom stereocenters. The smallest absolute Gasteiger partial charge is 0.122 e. The second-order valence-corrected chi connectivity index (χ2v) is 6.22. The minimum Gasteiger partial charge on any atom is -0.496 e. The summed E-state index contributed by atoms with van der Waals surface area (Å²) in [6.07, 6.45) is 3.80. The molecule has 0 amide bonds. The molecular weight excluding hydrogens is 234 g/mol. The van der Waals surface area contributed by atoms with E-state index in [0.29, 0.717) is 11.8 Å². The van der Waals surface area contributed by atoms with Crippen molar-refractivity contribution in [1.29, 1.82) is 0 Å². The van der Waals surface area contributed by atoms with E-state index in [2.05, 4.69) is 32.9 Å². The number of benzene rings is 1. The zero-order valence-corrected chi connectivity index (χ0v) is 12.7. The van der Waals surface area contributed by atoms with Crippen molar-refractivity contribution in [2.24, 2.45) is 17.6 Å². The highest BCUT2D eigenvalue weighted by Gasteiger charge is 2.31. The van der Waals surface area contributed by atoms with Crippen LogP contribution in [0.5, 0.6) is 5.75 Å². The molecular formula is C17H27NO. The van der Waals surface area contributed by atoms with Gasteiger partial charge in [-0.3, -0.25) is 0 Å². The van der Waals surface area contributed by atoms with Crippen LogP contribution in [0.25, 0.3) is 0 Å². The highest BCUT2D eigenvalue weighted by molar-refractivity contribution is 5.45. The predicted molar refractivity (Wildman–Crippen MR) is 80.8 cm³/mol. The predicted octanol–water partition coefficient (Wildman–Crippen LogP) is 3.79. The molecule has 0 aliphatic heterocycles. The number of nitrogens with two attached hydrogens (primary N) is 1. The number of rotatable bonds is 3. The molecule has 2 heteroatoms. The first kappa shape index (κ1) is 14.4. The van der Waals surface area contributed by atoms with Gasteiger partial charge in [-0.1, -0.05) is 19.4 Å². The fraction of sp³-hybridized carbons (Fsp3) is 0.647. The third-order valence-electron chi connectivity index (χ3n) is 4.64. The molecule has 0 bridgehead atoms. The molecule has 2 nitrogen and oxygen atoms in total. The van der Waals surface area contributed by atoms with Crippen LogP contribution in [0.15, 0.2) is 12.1 Å². The molecule has 0 heterocycles. The molecule has 0 radical (unpaired) electrons. The molecule has 19 heavy (non-hydrogen) atoms. The van der Waals surface area contributed by atoms with Gasteiger partial charge in [0.05, 0.1) is 7.11 Å². The molecule has 1 aliphatic rings. The molecule has 1 aliphatic carbocycles. The maximum Gasteiger partial charge on any atom is 0.122 e. The summed E-state index contributed by atoms with van der Waals surface area (Å²) in [5.74, 6) is 3.00. The molecule has 1 aromatic rings. The van der Waals surface area contributed by atoms with Gasteiger partial charge in [0.25, 0.3) is 0 Å². The van der Waals surface area contributed by atoms with Crippen LogP contribution >= 0.6 is 0 Å². The summed E-state index contributed by atoms with van der Waals surface area (Å²) in [5.41, 5.74) is 10.0. The lowest BCUT2D eigenvalue weighted by Crippen LogP contribution is -2.29. The quantitative estimate of drug-likeness (QED) is 0.898. The van der Waals surface area contributed by atoms with Gasteiger partial charge in [-0.25, -0.2) is 0 Å². The van der Waals surface area contributed by atoms with Crippen LogP contribution < -0.4 is 10.5 Å². The highest BCUT2D eigenvalue weighted by atomic mass is 16.5. The first-order valence-electron chi connectivity index (χ1n) is 7.42. The molecule has 1 aromatic carbocycles. The third kappa shape index (κ3) is 2.94. The van der Waals surface area contributed by atoms with E-state index in [1.807, 2.05) is 0 Å². The lowest BCUT2D eigenvalue weighted by molar-refractivity contribution is 0.248. The second-order valence-electron chi connectivity index (χ2n) is 6.22. The van der Waals surface area contributed by atoms with Crippen LogP contribution in [-0.4, -0.2) is 13.7 Å². The second kappa shape index (κ2) is 5.96. The van der Waals surface area contributed by atoms with Gasteiger partial charge in [0.1, 0.15) is 5.75 Å². The molecule has 0 spiro atoms. The van der Waals surface area contributed by atoms with E-state index in [4.69, 9.17) is 10.5 Å². The monoisotopic (exact) mass is 261 g/mol. The van der Waals surface area contributed by atoms with Crippen LogP contribution in [0.1, 0.15) is 48.8 Å². The Bertz CT molecular complexity index is 441. The molecule has 1 saturated carbocycles. The van der Waals surface area contributed by atoms with Crippen LogP contribution in [0, 0.1) is 25.7 Å². The summed E-state index contributed by atoms with van der Waals surface area (Å²) in [6, 6.07) is 4.43. The number of hydrogen-bond donors (Lipinski definition) is 1. The molecule has 1 fully saturated rings. The van der Waals surface area contributed by atoms with E-state index in [9.17, 15) is 0 Å². The Morgan fingerprint density at radius 2 is 2.00 bits per heavy atom. The van der Waals surface area contributed by atoms with Gasteiger partial charge in [-0.15, -0.1) is 0 Å². The van der Waals surface area contributed by atoms with Crippen LogP contribution in [0.4, 0.5) is 0 Å². The summed E-state index contributed by atoms with van der Waals surface area (Å²) in [6.45, 7) is 7.48. The number of methoxy groups -OCH3 is 1. The Labute approximate surface area is 117 Å². The molecule has 0 saturated heterocycles. The van der Waals surface area contributed by atoms with Crippen LogP contribution in [0.3, 0.4) is 0 Å². The van der Waals surface area contributed by atoms with E-state index in [1.165, 1.54) is 36.0 Å². The largest absolute Gasteiger partial charge is 0.496 e. The Hall–Kier alpha value is -1.02. The number of aryl methyl sites for hydroxylation is 2. The van der Waals surface area contributed by atoms with Gasteiger partial charge in [-0.2, -0.15) is 0 Å². The fourth-order valence-corrected chi connectivity index (χ4v) is 3.66. The van der Waals surface area contributed by atoms with E-state index < -0.39 is 0 Å². The number of hydrogen-bond acceptors (Lipinski definition) is 2. The Morgan fingerprint density at radius 3 is 2.63 bits per heavy atom.